The largest absolute Gasteiger partial charge is 0.480 e. The molecule has 0 radical (unpaired) electrons. The Bertz CT molecular complexity index is 609. The molecule has 7 heteroatoms. The van der Waals surface area contributed by atoms with Gasteiger partial charge in [0.2, 0.25) is 0 Å². The summed E-state index contributed by atoms with van der Waals surface area (Å²) in [6, 6.07) is 5.15. The summed E-state index contributed by atoms with van der Waals surface area (Å²) in [5, 5.41) is 17.1. The molecule has 1 aromatic rings. The fourth-order valence-corrected chi connectivity index (χ4v) is 2.28. The van der Waals surface area contributed by atoms with E-state index in [1.165, 1.54) is 0 Å². The first kappa shape index (κ1) is 17.8. The van der Waals surface area contributed by atoms with Crippen molar-refractivity contribution in [3.05, 3.63) is 29.8 Å². The number of carbonyl (C=O) groups is 3. The molecule has 0 spiro atoms. The van der Waals surface area contributed by atoms with Crippen molar-refractivity contribution in [2.24, 2.45) is 5.92 Å². The summed E-state index contributed by atoms with van der Waals surface area (Å²) < 4.78 is 0. The molecule has 3 amide bonds. The lowest BCUT2D eigenvalue weighted by Gasteiger charge is -2.14. The summed E-state index contributed by atoms with van der Waals surface area (Å²) in [6.07, 6.45) is 2.52. The van der Waals surface area contributed by atoms with Crippen molar-refractivity contribution >= 4 is 23.6 Å². The van der Waals surface area contributed by atoms with Crippen molar-refractivity contribution < 1.29 is 19.5 Å². The van der Waals surface area contributed by atoms with Gasteiger partial charge in [0.1, 0.15) is 6.04 Å². The van der Waals surface area contributed by atoms with Gasteiger partial charge in [0.25, 0.3) is 5.91 Å². The van der Waals surface area contributed by atoms with E-state index < -0.39 is 17.9 Å². The number of carboxylic acids is 1. The number of rotatable bonds is 7. The summed E-state index contributed by atoms with van der Waals surface area (Å²) >= 11 is 0. The van der Waals surface area contributed by atoms with Crippen molar-refractivity contribution in [1.82, 2.24) is 10.6 Å². The number of carboxylic acid groups (broad SMARTS) is 1. The monoisotopic (exact) mass is 333 g/mol. The minimum atomic E-state index is -1.01. The second kappa shape index (κ2) is 7.81. The number of amides is 3. The van der Waals surface area contributed by atoms with Crippen LogP contribution in [-0.4, -0.2) is 35.1 Å². The molecule has 4 N–H and O–H groups in total. The molecule has 1 fully saturated rings. The molecule has 1 atom stereocenters. The van der Waals surface area contributed by atoms with Crippen LogP contribution >= 0.6 is 0 Å². The molecule has 0 aliphatic heterocycles. The minimum Gasteiger partial charge on any atom is -0.480 e. The van der Waals surface area contributed by atoms with Crippen LogP contribution in [0, 0.1) is 5.92 Å². The first-order valence-corrected chi connectivity index (χ1v) is 8.06. The molecule has 0 aromatic heterocycles. The van der Waals surface area contributed by atoms with E-state index in [0.717, 1.165) is 12.8 Å². The van der Waals surface area contributed by atoms with Gasteiger partial charge in [0.15, 0.2) is 0 Å². The van der Waals surface area contributed by atoms with Gasteiger partial charge in [-0.1, -0.05) is 12.8 Å². The summed E-state index contributed by atoms with van der Waals surface area (Å²) in [5.74, 6) is -1.04. The Labute approximate surface area is 140 Å². The van der Waals surface area contributed by atoms with Crippen LogP contribution in [-0.2, 0) is 4.79 Å². The summed E-state index contributed by atoms with van der Waals surface area (Å²) in [5.41, 5.74) is 0.907. The van der Waals surface area contributed by atoms with Crippen LogP contribution in [0.5, 0.6) is 0 Å². The Morgan fingerprint density at radius 3 is 2.25 bits per heavy atom. The molecule has 0 bridgehead atoms. The number of benzene rings is 1. The maximum atomic E-state index is 12.2. The van der Waals surface area contributed by atoms with E-state index in [1.54, 1.807) is 24.3 Å². The van der Waals surface area contributed by atoms with Gasteiger partial charge in [0.05, 0.1) is 0 Å². The van der Waals surface area contributed by atoms with Crippen LogP contribution < -0.4 is 16.0 Å². The average Bonchev–Trinajstić information content (AvgIpc) is 3.30. The van der Waals surface area contributed by atoms with Gasteiger partial charge in [0, 0.05) is 17.3 Å². The maximum absolute atomic E-state index is 12.2. The smallest absolute Gasteiger partial charge is 0.326 e. The molecule has 0 heterocycles. The number of urea groups is 1. The highest BCUT2D eigenvalue weighted by Gasteiger charge is 2.30. The highest BCUT2D eigenvalue weighted by atomic mass is 16.4. The number of carbonyl (C=O) groups excluding carboxylic acids is 2. The predicted octanol–water partition coefficient (Wildman–Crippen LogP) is 2.20. The molecule has 1 aromatic carbocycles. The molecule has 7 nitrogen and oxygen atoms in total. The fourth-order valence-electron chi connectivity index (χ4n) is 2.28. The Morgan fingerprint density at radius 1 is 1.12 bits per heavy atom. The number of aliphatic carboxylic acids is 1. The second-order valence-corrected chi connectivity index (χ2v) is 6.37. The van der Waals surface area contributed by atoms with E-state index in [0.29, 0.717) is 23.6 Å². The van der Waals surface area contributed by atoms with Crippen molar-refractivity contribution in [2.45, 2.75) is 45.2 Å². The standard InChI is InChI=1S/C17H23N3O4/c1-10(2)18-17(24)19-13-7-5-12(6-8-13)15(21)20-14(16(22)23)9-11-3-4-11/h5-8,10-11,14H,3-4,9H2,1-2H3,(H,20,21)(H,22,23)(H2,18,19,24). The van der Waals surface area contributed by atoms with Crippen molar-refractivity contribution in [3.8, 4) is 0 Å². The SMILES string of the molecule is CC(C)NC(=O)Nc1ccc(C(=O)NC(CC2CC2)C(=O)O)cc1. The van der Waals surface area contributed by atoms with Gasteiger partial charge in [-0.05, 0) is 50.5 Å². The Hall–Kier alpha value is -2.57. The lowest BCUT2D eigenvalue weighted by Crippen LogP contribution is -2.41. The molecule has 1 unspecified atom stereocenters. The van der Waals surface area contributed by atoms with Crippen LogP contribution in [0.1, 0.15) is 43.5 Å². The van der Waals surface area contributed by atoms with Gasteiger partial charge < -0.3 is 21.1 Å². The van der Waals surface area contributed by atoms with Crippen LogP contribution in [0.4, 0.5) is 10.5 Å². The first-order chi connectivity index (χ1) is 11.3. The second-order valence-electron chi connectivity index (χ2n) is 6.37. The molecule has 1 aliphatic rings. The zero-order valence-corrected chi connectivity index (χ0v) is 13.8. The van der Waals surface area contributed by atoms with E-state index in [1.807, 2.05) is 13.8 Å². The van der Waals surface area contributed by atoms with Crippen LogP contribution in [0.3, 0.4) is 0 Å². The third kappa shape index (κ3) is 5.57. The Morgan fingerprint density at radius 2 is 1.75 bits per heavy atom. The molecule has 1 aliphatic carbocycles. The normalized spacial score (nSPS) is 14.8. The van der Waals surface area contributed by atoms with Gasteiger partial charge in [-0.2, -0.15) is 0 Å². The number of hydrogen-bond donors (Lipinski definition) is 4. The van der Waals surface area contributed by atoms with E-state index in [9.17, 15) is 19.5 Å². The maximum Gasteiger partial charge on any atom is 0.326 e. The van der Waals surface area contributed by atoms with E-state index >= 15 is 0 Å². The molecule has 130 valence electrons. The quantitative estimate of drug-likeness (QED) is 0.613. The average molecular weight is 333 g/mol. The number of anilines is 1. The van der Waals surface area contributed by atoms with Gasteiger partial charge in [-0.3, -0.25) is 4.79 Å². The third-order valence-electron chi connectivity index (χ3n) is 3.69. The lowest BCUT2D eigenvalue weighted by atomic mass is 10.1. The Kier molecular flexibility index (Phi) is 5.78. The van der Waals surface area contributed by atoms with Gasteiger partial charge in [-0.25, -0.2) is 9.59 Å². The molecule has 0 saturated heterocycles. The topological polar surface area (TPSA) is 108 Å². The lowest BCUT2D eigenvalue weighted by molar-refractivity contribution is -0.139. The summed E-state index contributed by atoms with van der Waals surface area (Å²) in [4.78, 5) is 35.0. The zero-order chi connectivity index (χ0) is 17.7. The van der Waals surface area contributed by atoms with Crippen LogP contribution in [0.15, 0.2) is 24.3 Å². The van der Waals surface area contributed by atoms with E-state index in [-0.39, 0.29) is 12.1 Å². The molecular formula is C17H23N3O4. The van der Waals surface area contributed by atoms with Crippen LogP contribution in [0.2, 0.25) is 0 Å². The third-order valence-corrected chi connectivity index (χ3v) is 3.69. The fraction of sp³-hybridized carbons (Fsp3) is 0.471. The summed E-state index contributed by atoms with van der Waals surface area (Å²) in [6.45, 7) is 3.71. The van der Waals surface area contributed by atoms with Crippen molar-refractivity contribution in [2.75, 3.05) is 5.32 Å². The number of hydrogen-bond acceptors (Lipinski definition) is 3. The first-order valence-electron chi connectivity index (χ1n) is 8.06. The predicted molar refractivity (Wildman–Crippen MR) is 90.0 cm³/mol. The summed E-state index contributed by atoms with van der Waals surface area (Å²) in [7, 11) is 0. The van der Waals surface area contributed by atoms with Crippen LogP contribution in [0.25, 0.3) is 0 Å². The van der Waals surface area contributed by atoms with E-state index in [4.69, 9.17) is 0 Å². The minimum absolute atomic E-state index is 0.0227. The Balaban J connectivity index is 1.92. The number of nitrogens with one attached hydrogen (secondary N) is 3. The van der Waals surface area contributed by atoms with Crippen molar-refractivity contribution in [1.29, 1.82) is 0 Å². The molecule has 24 heavy (non-hydrogen) atoms. The molecular weight excluding hydrogens is 310 g/mol. The van der Waals surface area contributed by atoms with Gasteiger partial charge in [-0.15, -0.1) is 0 Å². The zero-order valence-electron chi connectivity index (χ0n) is 13.8. The van der Waals surface area contributed by atoms with Gasteiger partial charge >= 0.3 is 12.0 Å². The molecule has 1 saturated carbocycles. The van der Waals surface area contributed by atoms with E-state index in [2.05, 4.69) is 16.0 Å². The highest BCUT2D eigenvalue weighted by Crippen LogP contribution is 2.33. The molecule has 2 rings (SSSR count). The van der Waals surface area contributed by atoms with Crippen molar-refractivity contribution in [3.63, 3.8) is 0 Å². The highest BCUT2D eigenvalue weighted by molar-refractivity contribution is 5.97.